The van der Waals surface area contributed by atoms with Gasteiger partial charge in [0, 0.05) is 23.4 Å². The van der Waals surface area contributed by atoms with Crippen molar-refractivity contribution in [2.45, 2.75) is 0 Å². The minimum absolute atomic E-state index is 0.0567. The molecule has 2 aromatic carbocycles. The second-order valence-corrected chi connectivity index (χ2v) is 4.96. The predicted octanol–water partition coefficient (Wildman–Crippen LogP) is 3.62. The number of non-ortho nitro benzene ring substituents is 1. The van der Waals surface area contributed by atoms with Crippen LogP contribution in [0, 0.1) is 10.1 Å². The van der Waals surface area contributed by atoms with Gasteiger partial charge in [-0.2, -0.15) is 0 Å². The van der Waals surface area contributed by atoms with Crippen molar-refractivity contribution in [2.75, 3.05) is 12.4 Å². The third kappa shape index (κ3) is 3.57. The number of amides is 1. The van der Waals surface area contributed by atoms with Gasteiger partial charge in [-0.3, -0.25) is 14.9 Å². The third-order valence-electron chi connectivity index (χ3n) is 2.75. The van der Waals surface area contributed by atoms with Crippen LogP contribution in [0.5, 0.6) is 5.75 Å². The number of hydrogen-bond donors (Lipinski definition) is 1. The van der Waals surface area contributed by atoms with Gasteiger partial charge in [0.2, 0.25) is 0 Å². The summed E-state index contributed by atoms with van der Waals surface area (Å²) in [6, 6.07) is 10.5. The highest BCUT2D eigenvalue weighted by Gasteiger charge is 2.10. The fourth-order valence-corrected chi connectivity index (χ4v) is 2.22. The summed E-state index contributed by atoms with van der Waals surface area (Å²) < 4.78 is 5.82. The van der Waals surface area contributed by atoms with Gasteiger partial charge < -0.3 is 10.1 Å². The Labute approximate surface area is 129 Å². The van der Waals surface area contributed by atoms with Crippen LogP contribution in [-0.4, -0.2) is 17.9 Å². The second-order valence-electron chi connectivity index (χ2n) is 4.11. The van der Waals surface area contributed by atoms with Crippen molar-refractivity contribution in [2.24, 2.45) is 0 Å². The molecule has 0 saturated heterocycles. The molecule has 21 heavy (non-hydrogen) atoms. The highest BCUT2D eigenvalue weighted by molar-refractivity contribution is 9.10. The van der Waals surface area contributed by atoms with E-state index in [4.69, 9.17) is 4.74 Å². The number of halogens is 1. The molecule has 7 heteroatoms. The molecular formula is C14H11BrN2O4. The quantitative estimate of drug-likeness (QED) is 0.674. The molecule has 2 rings (SSSR count). The van der Waals surface area contributed by atoms with E-state index in [9.17, 15) is 14.9 Å². The van der Waals surface area contributed by atoms with E-state index in [1.807, 2.05) is 0 Å². The zero-order chi connectivity index (χ0) is 15.4. The number of benzene rings is 2. The number of hydrogen-bond acceptors (Lipinski definition) is 4. The minimum atomic E-state index is -0.512. The van der Waals surface area contributed by atoms with Crippen LogP contribution < -0.4 is 10.1 Å². The molecule has 0 spiro atoms. The van der Waals surface area contributed by atoms with Gasteiger partial charge in [-0.05, 0) is 46.3 Å². The maximum absolute atomic E-state index is 12.0. The van der Waals surface area contributed by atoms with E-state index in [0.717, 1.165) is 0 Å². The molecule has 0 aliphatic heterocycles. The molecule has 0 atom stereocenters. The zero-order valence-corrected chi connectivity index (χ0v) is 12.6. The van der Waals surface area contributed by atoms with Crippen molar-refractivity contribution in [3.8, 4) is 5.75 Å². The van der Waals surface area contributed by atoms with Crippen LogP contribution in [0.3, 0.4) is 0 Å². The Balaban J connectivity index is 2.14. The number of methoxy groups -OCH3 is 1. The van der Waals surface area contributed by atoms with Crippen LogP contribution in [0.2, 0.25) is 0 Å². The molecule has 108 valence electrons. The van der Waals surface area contributed by atoms with Gasteiger partial charge in [0.25, 0.3) is 11.6 Å². The van der Waals surface area contributed by atoms with Gasteiger partial charge in [0.1, 0.15) is 5.75 Å². The predicted molar refractivity (Wildman–Crippen MR) is 81.7 cm³/mol. The van der Waals surface area contributed by atoms with E-state index in [-0.39, 0.29) is 11.6 Å². The first-order chi connectivity index (χ1) is 10.0. The highest BCUT2D eigenvalue weighted by atomic mass is 79.9. The summed E-state index contributed by atoms with van der Waals surface area (Å²) in [5.74, 6) is 0.310. The average molecular weight is 351 g/mol. The molecule has 0 saturated carbocycles. The van der Waals surface area contributed by atoms with Gasteiger partial charge in [-0.25, -0.2) is 0 Å². The van der Waals surface area contributed by atoms with Crippen LogP contribution in [0.4, 0.5) is 11.4 Å². The van der Waals surface area contributed by atoms with Crippen molar-refractivity contribution in [1.29, 1.82) is 0 Å². The molecule has 0 fully saturated rings. The van der Waals surface area contributed by atoms with Crippen LogP contribution in [0.25, 0.3) is 0 Å². The highest BCUT2D eigenvalue weighted by Crippen LogP contribution is 2.28. The SMILES string of the molecule is COc1ccc(NC(=O)c2ccc([N+](=O)[O-])cc2)cc1Br. The van der Waals surface area contributed by atoms with Crippen LogP contribution in [0.1, 0.15) is 10.4 Å². The first-order valence-electron chi connectivity index (χ1n) is 5.90. The van der Waals surface area contributed by atoms with Gasteiger partial charge in [0.05, 0.1) is 16.5 Å². The summed E-state index contributed by atoms with van der Waals surface area (Å²) >= 11 is 3.33. The molecule has 0 bridgehead atoms. The van der Waals surface area contributed by atoms with E-state index in [1.165, 1.54) is 24.3 Å². The molecule has 2 aromatic rings. The lowest BCUT2D eigenvalue weighted by Crippen LogP contribution is -2.11. The van der Waals surface area contributed by atoms with E-state index < -0.39 is 4.92 Å². The Hall–Kier alpha value is -2.41. The zero-order valence-electron chi connectivity index (χ0n) is 11.0. The number of rotatable bonds is 4. The second kappa shape index (κ2) is 6.36. The molecule has 0 radical (unpaired) electrons. The molecule has 0 aliphatic carbocycles. The maximum Gasteiger partial charge on any atom is 0.269 e. The lowest BCUT2D eigenvalue weighted by atomic mass is 10.2. The molecule has 0 unspecified atom stereocenters. The van der Waals surface area contributed by atoms with Crippen LogP contribution in [-0.2, 0) is 0 Å². The van der Waals surface area contributed by atoms with E-state index in [0.29, 0.717) is 21.5 Å². The van der Waals surface area contributed by atoms with E-state index in [2.05, 4.69) is 21.2 Å². The number of nitrogens with one attached hydrogen (secondary N) is 1. The van der Waals surface area contributed by atoms with Crippen molar-refractivity contribution < 1.29 is 14.5 Å². The Morgan fingerprint density at radius 2 is 1.90 bits per heavy atom. The third-order valence-corrected chi connectivity index (χ3v) is 3.37. The number of nitro benzene ring substituents is 1. The van der Waals surface area contributed by atoms with Crippen LogP contribution >= 0.6 is 15.9 Å². The fraction of sp³-hybridized carbons (Fsp3) is 0.0714. The molecule has 1 N–H and O–H groups in total. The first kappa shape index (κ1) is 15.0. The normalized spacial score (nSPS) is 10.0. The number of carbonyl (C=O) groups is 1. The standard InChI is InChI=1S/C14H11BrN2O4/c1-21-13-7-4-10(8-12(13)15)16-14(18)9-2-5-11(6-3-9)17(19)20/h2-8H,1H3,(H,16,18). The summed E-state index contributed by atoms with van der Waals surface area (Å²) in [6.07, 6.45) is 0. The first-order valence-corrected chi connectivity index (χ1v) is 6.70. The van der Waals surface area contributed by atoms with Gasteiger partial charge in [0.15, 0.2) is 0 Å². The molecule has 1 amide bonds. The van der Waals surface area contributed by atoms with Crippen molar-refractivity contribution in [3.63, 3.8) is 0 Å². The number of carbonyl (C=O) groups excluding carboxylic acids is 1. The van der Waals surface area contributed by atoms with Crippen molar-refractivity contribution in [3.05, 3.63) is 62.6 Å². The Bertz CT molecular complexity index is 686. The Morgan fingerprint density at radius 1 is 1.24 bits per heavy atom. The van der Waals surface area contributed by atoms with Gasteiger partial charge in [-0.1, -0.05) is 0 Å². The Morgan fingerprint density at radius 3 is 2.43 bits per heavy atom. The number of ether oxygens (including phenoxy) is 1. The molecule has 0 aliphatic rings. The molecule has 0 aromatic heterocycles. The van der Waals surface area contributed by atoms with E-state index >= 15 is 0 Å². The smallest absolute Gasteiger partial charge is 0.269 e. The summed E-state index contributed by atoms with van der Waals surface area (Å²) in [7, 11) is 1.55. The molecule has 0 heterocycles. The molecule has 6 nitrogen and oxygen atoms in total. The van der Waals surface area contributed by atoms with Crippen molar-refractivity contribution in [1.82, 2.24) is 0 Å². The average Bonchev–Trinajstić information content (AvgIpc) is 2.47. The summed E-state index contributed by atoms with van der Waals surface area (Å²) in [5, 5.41) is 13.3. The summed E-state index contributed by atoms with van der Waals surface area (Å²) in [5.41, 5.74) is 0.873. The number of anilines is 1. The summed E-state index contributed by atoms with van der Waals surface area (Å²) in [4.78, 5) is 22.1. The minimum Gasteiger partial charge on any atom is -0.496 e. The number of nitrogens with zero attached hydrogens (tertiary/aromatic N) is 1. The lowest BCUT2D eigenvalue weighted by molar-refractivity contribution is -0.384. The summed E-state index contributed by atoms with van der Waals surface area (Å²) in [6.45, 7) is 0. The Kier molecular flexibility index (Phi) is 4.54. The molecular weight excluding hydrogens is 340 g/mol. The largest absolute Gasteiger partial charge is 0.496 e. The van der Waals surface area contributed by atoms with Crippen molar-refractivity contribution >= 4 is 33.2 Å². The topological polar surface area (TPSA) is 81.5 Å². The van der Waals surface area contributed by atoms with Gasteiger partial charge in [-0.15, -0.1) is 0 Å². The fourth-order valence-electron chi connectivity index (χ4n) is 1.68. The maximum atomic E-state index is 12.0. The van der Waals surface area contributed by atoms with E-state index in [1.54, 1.807) is 25.3 Å². The number of nitro groups is 1. The van der Waals surface area contributed by atoms with Crippen LogP contribution in [0.15, 0.2) is 46.9 Å². The lowest BCUT2D eigenvalue weighted by Gasteiger charge is -2.08. The van der Waals surface area contributed by atoms with Gasteiger partial charge >= 0.3 is 0 Å². The monoisotopic (exact) mass is 350 g/mol.